The standard InChI is InChI=1S/C17H16Cl2N4O/c1-23(2)16(24)9-20-13-5-3-10(18)7-12(13)17-21-14-6-4-11(19)8-15(14)22-17/h3-8,20H,9H2,1-2H3,(H,21,22). The summed E-state index contributed by atoms with van der Waals surface area (Å²) in [6.45, 7) is 0.188. The smallest absolute Gasteiger partial charge is 0.241 e. The maximum absolute atomic E-state index is 11.8. The lowest BCUT2D eigenvalue weighted by Crippen LogP contribution is -2.28. The zero-order chi connectivity index (χ0) is 17.3. The first-order chi connectivity index (χ1) is 11.4. The molecule has 0 atom stereocenters. The summed E-state index contributed by atoms with van der Waals surface area (Å²) in [6, 6.07) is 10.9. The molecule has 124 valence electrons. The number of amides is 1. The molecule has 0 aliphatic rings. The van der Waals surface area contributed by atoms with Gasteiger partial charge in [-0.05, 0) is 36.4 Å². The number of carbonyl (C=O) groups excluding carboxylic acids is 1. The van der Waals surface area contributed by atoms with E-state index in [0.29, 0.717) is 15.9 Å². The number of aromatic nitrogens is 2. The van der Waals surface area contributed by atoms with E-state index in [9.17, 15) is 4.79 Å². The molecule has 0 aliphatic carbocycles. The van der Waals surface area contributed by atoms with Gasteiger partial charge in [0.05, 0.1) is 17.6 Å². The first-order valence-electron chi connectivity index (χ1n) is 7.33. The lowest BCUT2D eigenvalue weighted by atomic mass is 10.1. The minimum atomic E-state index is -0.0210. The molecule has 5 nitrogen and oxygen atoms in total. The second-order valence-corrected chi connectivity index (χ2v) is 6.45. The van der Waals surface area contributed by atoms with Crippen molar-refractivity contribution in [2.24, 2.45) is 0 Å². The molecule has 0 unspecified atom stereocenters. The molecule has 0 fully saturated rings. The van der Waals surface area contributed by atoms with Crippen molar-refractivity contribution in [3.63, 3.8) is 0 Å². The maximum Gasteiger partial charge on any atom is 0.241 e. The van der Waals surface area contributed by atoms with Crippen molar-refractivity contribution in [3.05, 3.63) is 46.4 Å². The summed E-state index contributed by atoms with van der Waals surface area (Å²) < 4.78 is 0. The summed E-state index contributed by atoms with van der Waals surface area (Å²) in [7, 11) is 3.44. The van der Waals surface area contributed by atoms with Gasteiger partial charge in [0.25, 0.3) is 0 Å². The highest BCUT2D eigenvalue weighted by molar-refractivity contribution is 6.31. The van der Waals surface area contributed by atoms with E-state index in [1.165, 1.54) is 4.90 Å². The number of imidazole rings is 1. The predicted molar refractivity (Wildman–Crippen MR) is 98.7 cm³/mol. The van der Waals surface area contributed by atoms with Crippen LogP contribution in [0.5, 0.6) is 0 Å². The Labute approximate surface area is 149 Å². The lowest BCUT2D eigenvalue weighted by molar-refractivity contribution is -0.126. The van der Waals surface area contributed by atoms with Crippen LogP contribution >= 0.6 is 23.2 Å². The zero-order valence-electron chi connectivity index (χ0n) is 13.2. The normalized spacial score (nSPS) is 10.8. The van der Waals surface area contributed by atoms with Crippen LogP contribution in [0.2, 0.25) is 10.0 Å². The Kier molecular flexibility index (Phi) is 4.64. The predicted octanol–water partition coefficient (Wildman–Crippen LogP) is 4.04. The third kappa shape index (κ3) is 3.47. The molecule has 0 saturated carbocycles. The van der Waals surface area contributed by atoms with Gasteiger partial charge in [-0.25, -0.2) is 4.98 Å². The van der Waals surface area contributed by atoms with E-state index in [-0.39, 0.29) is 12.5 Å². The molecule has 2 aromatic carbocycles. The fourth-order valence-electron chi connectivity index (χ4n) is 2.30. The quantitative estimate of drug-likeness (QED) is 0.736. The van der Waals surface area contributed by atoms with Crippen LogP contribution in [0.1, 0.15) is 0 Å². The van der Waals surface area contributed by atoms with E-state index in [0.717, 1.165) is 22.3 Å². The summed E-state index contributed by atoms with van der Waals surface area (Å²) in [4.78, 5) is 21.2. The highest BCUT2D eigenvalue weighted by atomic mass is 35.5. The van der Waals surface area contributed by atoms with Crippen molar-refractivity contribution in [3.8, 4) is 11.4 Å². The molecule has 0 saturated heterocycles. The highest BCUT2D eigenvalue weighted by Crippen LogP contribution is 2.31. The van der Waals surface area contributed by atoms with Gasteiger partial charge in [-0.3, -0.25) is 4.79 Å². The molecule has 3 rings (SSSR count). The van der Waals surface area contributed by atoms with Crippen LogP contribution in [0, 0.1) is 0 Å². The number of hydrogen-bond acceptors (Lipinski definition) is 3. The van der Waals surface area contributed by atoms with Gasteiger partial charge in [-0.15, -0.1) is 0 Å². The zero-order valence-corrected chi connectivity index (χ0v) is 14.7. The third-order valence-electron chi connectivity index (χ3n) is 3.61. The van der Waals surface area contributed by atoms with E-state index >= 15 is 0 Å². The number of anilines is 1. The monoisotopic (exact) mass is 362 g/mol. The summed E-state index contributed by atoms with van der Waals surface area (Å²) in [5, 5.41) is 4.37. The van der Waals surface area contributed by atoms with E-state index in [1.807, 2.05) is 24.3 Å². The van der Waals surface area contributed by atoms with E-state index in [4.69, 9.17) is 23.2 Å². The molecule has 1 aromatic heterocycles. The molecule has 1 heterocycles. The van der Waals surface area contributed by atoms with E-state index in [1.54, 1.807) is 26.2 Å². The number of nitrogens with one attached hydrogen (secondary N) is 2. The topological polar surface area (TPSA) is 61.0 Å². The second-order valence-electron chi connectivity index (χ2n) is 5.58. The number of aromatic amines is 1. The Morgan fingerprint density at radius 3 is 2.62 bits per heavy atom. The van der Waals surface area contributed by atoms with Crippen molar-refractivity contribution >= 4 is 45.8 Å². The van der Waals surface area contributed by atoms with Crippen LogP contribution < -0.4 is 5.32 Å². The van der Waals surface area contributed by atoms with E-state index in [2.05, 4.69) is 15.3 Å². The van der Waals surface area contributed by atoms with Gasteiger partial charge in [0.2, 0.25) is 5.91 Å². The minimum Gasteiger partial charge on any atom is -0.376 e. The van der Waals surface area contributed by atoms with Crippen LogP contribution in [0.15, 0.2) is 36.4 Å². The molecular weight excluding hydrogens is 347 g/mol. The number of hydrogen-bond donors (Lipinski definition) is 2. The van der Waals surface area contributed by atoms with E-state index < -0.39 is 0 Å². The number of nitrogens with zero attached hydrogens (tertiary/aromatic N) is 2. The minimum absolute atomic E-state index is 0.0210. The molecule has 0 spiro atoms. The van der Waals surface area contributed by atoms with Gasteiger partial charge in [0.1, 0.15) is 5.82 Å². The molecule has 1 amide bonds. The average molecular weight is 363 g/mol. The number of benzene rings is 2. The van der Waals surface area contributed by atoms with Crippen LogP contribution in [-0.2, 0) is 4.79 Å². The fraction of sp³-hybridized carbons (Fsp3) is 0.176. The number of carbonyl (C=O) groups is 1. The Hall–Kier alpha value is -2.24. The SMILES string of the molecule is CN(C)C(=O)CNc1ccc(Cl)cc1-c1nc2ccc(Cl)cc2[nH]1. The number of likely N-dealkylation sites (N-methyl/N-ethyl adjacent to an activating group) is 1. The van der Waals surface area contributed by atoms with Gasteiger partial charge in [0, 0.05) is 35.4 Å². The third-order valence-corrected chi connectivity index (χ3v) is 4.08. The van der Waals surface area contributed by atoms with Gasteiger partial charge >= 0.3 is 0 Å². The summed E-state index contributed by atoms with van der Waals surface area (Å²) >= 11 is 12.2. The van der Waals surface area contributed by atoms with Gasteiger partial charge < -0.3 is 15.2 Å². The lowest BCUT2D eigenvalue weighted by Gasteiger charge is -2.14. The van der Waals surface area contributed by atoms with Crippen molar-refractivity contribution in [1.29, 1.82) is 0 Å². The summed E-state index contributed by atoms with van der Waals surface area (Å²) in [5.74, 6) is 0.641. The number of H-pyrrole nitrogens is 1. The van der Waals surface area contributed by atoms with Crippen molar-refractivity contribution in [2.75, 3.05) is 26.0 Å². The largest absolute Gasteiger partial charge is 0.376 e. The Balaban J connectivity index is 1.98. The molecule has 24 heavy (non-hydrogen) atoms. The maximum atomic E-state index is 11.8. The molecular formula is C17H16Cl2N4O. The summed E-state index contributed by atoms with van der Waals surface area (Å²) in [5.41, 5.74) is 3.22. The molecule has 2 N–H and O–H groups in total. The molecule has 7 heteroatoms. The van der Waals surface area contributed by atoms with Gasteiger partial charge in [0.15, 0.2) is 0 Å². The van der Waals surface area contributed by atoms with Crippen LogP contribution in [0.3, 0.4) is 0 Å². The molecule has 3 aromatic rings. The number of halogens is 2. The van der Waals surface area contributed by atoms with Crippen molar-refractivity contribution in [2.45, 2.75) is 0 Å². The van der Waals surface area contributed by atoms with Crippen LogP contribution in [0.25, 0.3) is 22.4 Å². The first kappa shape index (κ1) is 16.6. The molecule has 0 bridgehead atoms. The molecule has 0 radical (unpaired) electrons. The Morgan fingerprint density at radius 2 is 1.88 bits per heavy atom. The molecule has 0 aliphatic heterocycles. The second kappa shape index (κ2) is 6.71. The van der Waals surface area contributed by atoms with Crippen molar-refractivity contribution < 1.29 is 4.79 Å². The van der Waals surface area contributed by atoms with Gasteiger partial charge in [-0.2, -0.15) is 0 Å². The Bertz CT molecular complexity index is 905. The van der Waals surface area contributed by atoms with Crippen molar-refractivity contribution in [1.82, 2.24) is 14.9 Å². The average Bonchev–Trinajstić information content (AvgIpc) is 2.96. The van der Waals surface area contributed by atoms with Gasteiger partial charge in [-0.1, -0.05) is 23.2 Å². The van der Waals surface area contributed by atoms with Crippen LogP contribution in [-0.4, -0.2) is 41.4 Å². The summed E-state index contributed by atoms with van der Waals surface area (Å²) in [6.07, 6.45) is 0. The highest BCUT2D eigenvalue weighted by Gasteiger charge is 2.12. The first-order valence-corrected chi connectivity index (χ1v) is 8.09. The number of fused-ring (bicyclic) bond motifs is 1. The Morgan fingerprint density at radius 1 is 1.17 bits per heavy atom. The van der Waals surface area contributed by atoms with Crippen LogP contribution in [0.4, 0.5) is 5.69 Å². The fourth-order valence-corrected chi connectivity index (χ4v) is 2.65. The number of rotatable bonds is 4.